The van der Waals surface area contributed by atoms with Gasteiger partial charge in [-0.05, 0) is 44.1 Å². The predicted molar refractivity (Wildman–Crippen MR) is 82.7 cm³/mol. The van der Waals surface area contributed by atoms with Crippen molar-refractivity contribution in [2.45, 2.75) is 45.2 Å². The predicted octanol–water partition coefficient (Wildman–Crippen LogP) is 3.96. The van der Waals surface area contributed by atoms with Crippen LogP contribution in [0.4, 0.5) is 0 Å². The minimum Gasteiger partial charge on any atom is -0.326 e. The van der Waals surface area contributed by atoms with Gasteiger partial charge in [0.15, 0.2) is 0 Å². The van der Waals surface area contributed by atoms with Gasteiger partial charge in [0.2, 0.25) is 0 Å². The Morgan fingerprint density at radius 3 is 2.61 bits per heavy atom. The molecule has 102 valence electrons. The van der Waals surface area contributed by atoms with Crippen LogP contribution in [0.5, 0.6) is 0 Å². The number of unbranched alkanes of at least 4 members (excludes halogenated alkanes) is 1. The van der Waals surface area contributed by atoms with E-state index in [9.17, 15) is 0 Å². The number of hydrogen-bond donors (Lipinski definition) is 1. The highest BCUT2D eigenvalue weighted by molar-refractivity contribution is 9.10. The van der Waals surface area contributed by atoms with Crippen LogP contribution in [0.2, 0.25) is 0 Å². The molecule has 18 heavy (non-hydrogen) atoms. The molecule has 0 aliphatic carbocycles. The van der Waals surface area contributed by atoms with Crippen molar-refractivity contribution in [3.8, 4) is 0 Å². The molecular weight excluding hydrogens is 288 g/mol. The Hall–Kier alpha value is -0.380. The summed E-state index contributed by atoms with van der Waals surface area (Å²) in [6, 6.07) is 8.99. The van der Waals surface area contributed by atoms with Crippen LogP contribution < -0.4 is 5.73 Å². The number of nitrogens with zero attached hydrogens (tertiary/aromatic N) is 1. The zero-order chi connectivity index (χ0) is 13.5. The van der Waals surface area contributed by atoms with Gasteiger partial charge in [0.1, 0.15) is 0 Å². The van der Waals surface area contributed by atoms with Crippen LogP contribution in [0.25, 0.3) is 0 Å². The Morgan fingerprint density at radius 2 is 2.06 bits per heavy atom. The fraction of sp³-hybridized carbons (Fsp3) is 0.600. The molecule has 0 aliphatic rings. The van der Waals surface area contributed by atoms with E-state index in [-0.39, 0.29) is 6.04 Å². The Bertz CT molecular complexity index is 354. The molecule has 0 amide bonds. The molecule has 1 aromatic carbocycles. The van der Waals surface area contributed by atoms with Gasteiger partial charge < -0.3 is 5.73 Å². The maximum absolute atomic E-state index is 6.31. The van der Waals surface area contributed by atoms with Crippen molar-refractivity contribution in [1.82, 2.24) is 4.90 Å². The summed E-state index contributed by atoms with van der Waals surface area (Å²) in [6.45, 7) is 5.48. The van der Waals surface area contributed by atoms with E-state index < -0.39 is 0 Å². The molecule has 0 radical (unpaired) electrons. The molecule has 0 fully saturated rings. The first-order valence-electron chi connectivity index (χ1n) is 6.81. The van der Waals surface area contributed by atoms with Crippen molar-refractivity contribution in [2.24, 2.45) is 5.73 Å². The third-order valence-electron chi connectivity index (χ3n) is 3.41. The zero-order valence-electron chi connectivity index (χ0n) is 11.7. The van der Waals surface area contributed by atoms with E-state index in [4.69, 9.17) is 5.73 Å². The van der Waals surface area contributed by atoms with Crippen molar-refractivity contribution in [3.63, 3.8) is 0 Å². The maximum Gasteiger partial charge on any atom is 0.0496 e. The lowest BCUT2D eigenvalue weighted by Crippen LogP contribution is -2.39. The molecule has 3 heteroatoms. The van der Waals surface area contributed by atoms with E-state index in [1.54, 1.807) is 0 Å². The summed E-state index contributed by atoms with van der Waals surface area (Å²) in [5.41, 5.74) is 7.62. The molecule has 0 aromatic heterocycles. The third-order valence-corrected chi connectivity index (χ3v) is 3.90. The van der Waals surface area contributed by atoms with Gasteiger partial charge in [0, 0.05) is 16.6 Å². The van der Waals surface area contributed by atoms with Gasteiger partial charge in [-0.15, -0.1) is 0 Å². The van der Waals surface area contributed by atoms with Gasteiger partial charge in [0.05, 0.1) is 0 Å². The topological polar surface area (TPSA) is 29.3 Å². The summed E-state index contributed by atoms with van der Waals surface area (Å²) in [5.74, 6) is 0. The first-order valence-corrected chi connectivity index (χ1v) is 7.60. The van der Waals surface area contributed by atoms with Crippen LogP contribution in [0.15, 0.2) is 28.7 Å². The van der Waals surface area contributed by atoms with Crippen molar-refractivity contribution in [2.75, 3.05) is 13.6 Å². The Morgan fingerprint density at radius 1 is 1.33 bits per heavy atom. The van der Waals surface area contributed by atoms with E-state index in [0.29, 0.717) is 6.04 Å². The molecule has 1 rings (SSSR count). The lowest BCUT2D eigenvalue weighted by molar-refractivity contribution is 0.207. The monoisotopic (exact) mass is 312 g/mol. The SMILES string of the molecule is CCCCN(C)C(c1cccc(Br)c1)C(N)CC. The molecule has 2 unspecified atom stereocenters. The Balaban J connectivity index is 2.90. The van der Waals surface area contributed by atoms with Crippen molar-refractivity contribution >= 4 is 15.9 Å². The van der Waals surface area contributed by atoms with E-state index >= 15 is 0 Å². The van der Waals surface area contributed by atoms with Gasteiger partial charge >= 0.3 is 0 Å². The zero-order valence-corrected chi connectivity index (χ0v) is 13.3. The van der Waals surface area contributed by atoms with Crippen molar-refractivity contribution in [1.29, 1.82) is 0 Å². The van der Waals surface area contributed by atoms with Gasteiger partial charge in [-0.1, -0.05) is 48.3 Å². The standard InChI is InChI=1S/C15H25BrN2/c1-4-6-10-18(3)15(14(17)5-2)12-8-7-9-13(16)11-12/h7-9,11,14-15H,4-6,10,17H2,1-3H3. The summed E-state index contributed by atoms with van der Waals surface area (Å²) in [4.78, 5) is 2.39. The Kier molecular flexibility index (Phi) is 6.90. The lowest BCUT2D eigenvalue weighted by Gasteiger charge is -2.33. The summed E-state index contributed by atoms with van der Waals surface area (Å²) < 4.78 is 1.12. The van der Waals surface area contributed by atoms with E-state index in [2.05, 4.69) is 66.0 Å². The van der Waals surface area contributed by atoms with Crippen LogP contribution in [0, 0.1) is 0 Å². The second kappa shape index (κ2) is 7.93. The number of likely N-dealkylation sites (N-methyl/N-ethyl adjacent to an activating group) is 1. The number of halogens is 1. The van der Waals surface area contributed by atoms with Crippen molar-refractivity contribution in [3.05, 3.63) is 34.3 Å². The molecular formula is C15H25BrN2. The van der Waals surface area contributed by atoms with Gasteiger partial charge in [-0.3, -0.25) is 4.90 Å². The molecule has 2 N–H and O–H groups in total. The summed E-state index contributed by atoms with van der Waals surface area (Å²) in [6.07, 6.45) is 3.43. The van der Waals surface area contributed by atoms with Crippen LogP contribution in [0.3, 0.4) is 0 Å². The third kappa shape index (κ3) is 4.38. The molecule has 0 saturated heterocycles. The van der Waals surface area contributed by atoms with E-state index in [1.807, 2.05) is 0 Å². The largest absolute Gasteiger partial charge is 0.326 e. The first-order chi connectivity index (χ1) is 8.60. The number of benzene rings is 1. The number of rotatable bonds is 7. The molecule has 0 spiro atoms. The minimum atomic E-state index is 0.182. The summed E-state index contributed by atoms with van der Waals surface area (Å²) in [5, 5.41) is 0. The van der Waals surface area contributed by atoms with Gasteiger partial charge in [-0.25, -0.2) is 0 Å². The molecule has 1 aromatic rings. The number of nitrogens with two attached hydrogens (primary N) is 1. The van der Waals surface area contributed by atoms with Gasteiger partial charge in [-0.2, -0.15) is 0 Å². The summed E-state index contributed by atoms with van der Waals surface area (Å²) in [7, 11) is 2.18. The van der Waals surface area contributed by atoms with Crippen LogP contribution in [-0.4, -0.2) is 24.5 Å². The fourth-order valence-corrected chi connectivity index (χ4v) is 2.71. The number of hydrogen-bond acceptors (Lipinski definition) is 2. The Labute approximate surface area is 120 Å². The van der Waals surface area contributed by atoms with Crippen molar-refractivity contribution < 1.29 is 0 Å². The van der Waals surface area contributed by atoms with Crippen LogP contribution >= 0.6 is 15.9 Å². The smallest absolute Gasteiger partial charge is 0.0496 e. The average molecular weight is 313 g/mol. The summed E-state index contributed by atoms with van der Waals surface area (Å²) >= 11 is 3.54. The van der Waals surface area contributed by atoms with E-state index in [1.165, 1.54) is 18.4 Å². The highest BCUT2D eigenvalue weighted by Crippen LogP contribution is 2.26. The second-order valence-corrected chi connectivity index (χ2v) is 5.82. The van der Waals surface area contributed by atoms with Crippen LogP contribution in [0.1, 0.15) is 44.7 Å². The van der Waals surface area contributed by atoms with E-state index in [0.717, 1.165) is 17.4 Å². The molecule has 0 saturated carbocycles. The molecule has 2 nitrogen and oxygen atoms in total. The molecule has 2 atom stereocenters. The maximum atomic E-state index is 6.31. The molecule has 0 aliphatic heterocycles. The highest BCUT2D eigenvalue weighted by Gasteiger charge is 2.22. The second-order valence-electron chi connectivity index (χ2n) is 4.91. The quantitative estimate of drug-likeness (QED) is 0.825. The first kappa shape index (κ1) is 15.7. The lowest BCUT2D eigenvalue weighted by atomic mass is 9.96. The molecule has 0 heterocycles. The molecule has 0 bridgehead atoms. The highest BCUT2D eigenvalue weighted by atomic mass is 79.9. The minimum absolute atomic E-state index is 0.182. The fourth-order valence-electron chi connectivity index (χ4n) is 2.29. The normalized spacial score (nSPS) is 14.8. The van der Waals surface area contributed by atoms with Crippen LogP contribution in [-0.2, 0) is 0 Å². The average Bonchev–Trinajstić information content (AvgIpc) is 2.36. The van der Waals surface area contributed by atoms with Gasteiger partial charge in [0.25, 0.3) is 0 Å².